The zero-order valence-electron chi connectivity index (χ0n) is 13.7. The molecule has 1 fully saturated rings. The molecule has 9 heteroatoms. The molecule has 0 spiro atoms. The van der Waals surface area contributed by atoms with E-state index < -0.39 is 23.4 Å². The lowest BCUT2D eigenvalue weighted by atomic mass is 9.93. The van der Waals surface area contributed by atoms with Gasteiger partial charge in [0.1, 0.15) is 5.82 Å². The molecule has 4 rings (SSSR count). The van der Waals surface area contributed by atoms with E-state index in [2.05, 4.69) is 15.2 Å². The van der Waals surface area contributed by atoms with Crippen molar-refractivity contribution in [2.75, 3.05) is 31.2 Å². The molecule has 1 saturated heterocycles. The Kier molecular flexibility index (Phi) is 4.58. The fourth-order valence-electron chi connectivity index (χ4n) is 3.23. The highest BCUT2D eigenvalue weighted by Crippen LogP contribution is 2.40. The number of morpholine rings is 1. The summed E-state index contributed by atoms with van der Waals surface area (Å²) in [6.45, 7) is 2.83. The van der Waals surface area contributed by atoms with Crippen LogP contribution in [-0.2, 0) is 16.1 Å². The molecule has 5 nitrogen and oxygen atoms in total. The molecule has 0 bridgehead atoms. The van der Waals surface area contributed by atoms with Crippen molar-refractivity contribution in [1.82, 2.24) is 10.3 Å². The molecule has 2 aliphatic heterocycles. The van der Waals surface area contributed by atoms with Crippen LogP contribution in [0, 0.1) is 17.5 Å². The van der Waals surface area contributed by atoms with Gasteiger partial charge in [0.15, 0.2) is 16.8 Å². The molecule has 2 aromatic rings. The van der Waals surface area contributed by atoms with E-state index in [1.54, 1.807) is 0 Å². The monoisotopic (exact) mass is 383 g/mol. The third-order valence-electron chi connectivity index (χ3n) is 4.57. The predicted octanol–water partition coefficient (Wildman–Crippen LogP) is 2.55. The molecule has 1 unspecified atom stereocenters. The van der Waals surface area contributed by atoms with Crippen molar-refractivity contribution in [2.24, 2.45) is 0 Å². The lowest BCUT2D eigenvalue weighted by Crippen LogP contribution is -2.36. The van der Waals surface area contributed by atoms with Crippen LogP contribution in [0.4, 0.5) is 18.3 Å². The van der Waals surface area contributed by atoms with Gasteiger partial charge >= 0.3 is 0 Å². The Bertz CT molecular complexity index is 852. The van der Waals surface area contributed by atoms with E-state index in [9.17, 15) is 18.0 Å². The van der Waals surface area contributed by atoms with E-state index in [0.717, 1.165) is 11.2 Å². The number of carbonyl (C=O) groups excluding carboxylic acids is 1. The summed E-state index contributed by atoms with van der Waals surface area (Å²) in [5, 5.41) is 3.50. The zero-order valence-corrected chi connectivity index (χ0v) is 14.5. The van der Waals surface area contributed by atoms with Gasteiger partial charge in [-0.3, -0.25) is 4.79 Å². The number of ether oxygens (including phenoxy) is 1. The average Bonchev–Trinajstić information content (AvgIpc) is 3.00. The summed E-state index contributed by atoms with van der Waals surface area (Å²) in [5.41, 5.74) is 0.607. The number of hydrogen-bond donors (Lipinski definition) is 1. The molecule has 1 aromatic carbocycles. The van der Waals surface area contributed by atoms with Gasteiger partial charge in [-0.2, -0.15) is 0 Å². The highest BCUT2D eigenvalue weighted by Gasteiger charge is 2.31. The summed E-state index contributed by atoms with van der Waals surface area (Å²) in [6, 6.07) is 1.36. The average molecular weight is 383 g/mol. The zero-order chi connectivity index (χ0) is 18.3. The summed E-state index contributed by atoms with van der Waals surface area (Å²) in [5.74, 6) is -4.23. The lowest BCUT2D eigenvalue weighted by Gasteiger charge is -2.26. The second-order valence-corrected chi connectivity index (χ2v) is 7.24. The van der Waals surface area contributed by atoms with E-state index in [0.29, 0.717) is 42.9 Å². The van der Waals surface area contributed by atoms with Gasteiger partial charge in [-0.25, -0.2) is 18.2 Å². The van der Waals surface area contributed by atoms with Gasteiger partial charge in [0.2, 0.25) is 5.91 Å². The van der Waals surface area contributed by atoms with Gasteiger partial charge in [0.25, 0.3) is 0 Å². The largest absolute Gasteiger partial charge is 0.378 e. The van der Waals surface area contributed by atoms with Crippen molar-refractivity contribution in [2.45, 2.75) is 18.9 Å². The minimum Gasteiger partial charge on any atom is -0.378 e. The molecule has 0 radical (unpaired) electrons. The quantitative estimate of drug-likeness (QED) is 0.810. The molecule has 2 aliphatic rings. The van der Waals surface area contributed by atoms with Crippen molar-refractivity contribution in [3.05, 3.63) is 45.7 Å². The number of nitrogens with zero attached hydrogens (tertiary/aromatic N) is 2. The number of fused-ring (bicyclic) bond motifs is 1. The van der Waals surface area contributed by atoms with Gasteiger partial charge in [-0.1, -0.05) is 0 Å². The van der Waals surface area contributed by atoms with Crippen LogP contribution in [0.2, 0.25) is 0 Å². The van der Waals surface area contributed by atoms with Gasteiger partial charge < -0.3 is 15.0 Å². The third kappa shape index (κ3) is 3.16. The number of hydrogen-bond acceptors (Lipinski definition) is 5. The molecule has 1 aromatic heterocycles. The molecule has 138 valence electrons. The number of rotatable bonds is 2. The number of aromatic nitrogens is 1. The van der Waals surface area contributed by atoms with E-state index in [1.165, 1.54) is 11.3 Å². The van der Waals surface area contributed by atoms with E-state index >= 15 is 0 Å². The summed E-state index contributed by atoms with van der Waals surface area (Å²) < 4.78 is 46.7. The van der Waals surface area contributed by atoms with Crippen LogP contribution in [0.5, 0.6) is 0 Å². The number of anilines is 1. The normalized spacial score (nSPS) is 20.5. The minimum atomic E-state index is -1.25. The maximum Gasteiger partial charge on any atom is 0.221 e. The molecule has 26 heavy (non-hydrogen) atoms. The number of thiazole rings is 1. The maximum atomic E-state index is 14.3. The number of amides is 1. The molecule has 1 N–H and O–H groups in total. The number of halogens is 3. The van der Waals surface area contributed by atoms with Crippen molar-refractivity contribution in [3.63, 3.8) is 0 Å². The van der Waals surface area contributed by atoms with E-state index in [1.807, 2.05) is 0 Å². The Morgan fingerprint density at radius 2 is 1.88 bits per heavy atom. The minimum absolute atomic E-state index is 0.0284. The van der Waals surface area contributed by atoms with Gasteiger partial charge in [0, 0.05) is 36.4 Å². The highest BCUT2D eigenvalue weighted by molar-refractivity contribution is 7.15. The van der Waals surface area contributed by atoms with Crippen molar-refractivity contribution in [1.29, 1.82) is 0 Å². The molecular weight excluding hydrogens is 367 g/mol. The van der Waals surface area contributed by atoms with Gasteiger partial charge in [0.05, 0.1) is 25.5 Å². The first-order chi connectivity index (χ1) is 12.5. The summed E-state index contributed by atoms with van der Waals surface area (Å²) >= 11 is 1.36. The highest BCUT2D eigenvalue weighted by atomic mass is 32.1. The first-order valence-corrected chi connectivity index (χ1v) is 9.08. The number of carbonyl (C=O) groups is 1. The Morgan fingerprint density at radius 3 is 2.65 bits per heavy atom. The Morgan fingerprint density at radius 1 is 1.15 bits per heavy atom. The Labute approximate surface area is 151 Å². The third-order valence-corrected chi connectivity index (χ3v) is 5.84. The SMILES string of the molecule is O=C1CC(c2cc(F)c(F)cc2F)c2sc(N3CCOCC3)nc2CN1. The molecule has 0 aliphatic carbocycles. The molecule has 1 atom stereocenters. The first kappa shape index (κ1) is 17.3. The van der Waals surface area contributed by atoms with Crippen LogP contribution in [0.3, 0.4) is 0 Å². The van der Waals surface area contributed by atoms with Crippen LogP contribution in [0.25, 0.3) is 0 Å². The van der Waals surface area contributed by atoms with Crippen LogP contribution in [0.15, 0.2) is 12.1 Å². The molecule has 0 saturated carbocycles. The van der Waals surface area contributed by atoms with Crippen LogP contribution in [0.1, 0.15) is 28.5 Å². The second kappa shape index (κ2) is 6.88. The van der Waals surface area contributed by atoms with Crippen LogP contribution in [-0.4, -0.2) is 37.2 Å². The van der Waals surface area contributed by atoms with Gasteiger partial charge in [-0.15, -0.1) is 11.3 Å². The number of benzene rings is 1. The van der Waals surface area contributed by atoms with Crippen LogP contribution < -0.4 is 10.2 Å². The standard InChI is InChI=1S/C17H16F3N3O2S/c18-11-7-13(20)12(19)5-9(11)10-6-15(24)21-8-14-16(10)26-17(22-14)23-1-3-25-4-2-23/h5,7,10H,1-4,6,8H2,(H,21,24). The topological polar surface area (TPSA) is 54.5 Å². The van der Waals surface area contributed by atoms with Crippen molar-refractivity contribution in [3.8, 4) is 0 Å². The summed E-state index contributed by atoms with van der Waals surface area (Å²) in [6.07, 6.45) is -0.0419. The van der Waals surface area contributed by atoms with Crippen LogP contribution >= 0.6 is 11.3 Å². The lowest BCUT2D eigenvalue weighted by molar-refractivity contribution is -0.121. The van der Waals surface area contributed by atoms with Gasteiger partial charge in [-0.05, 0) is 11.6 Å². The second-order valence-electron chi connectivity index (χ2n) is 6.23. The van der Waals surface area contributed by atoms with Crippen molar-refractivity contribution < 1.29 is 22.7 Å². The van der Waals surface area contributed by atoms with E-state index in [-0.39, 0.29) is 24.4 Å². The number of nitrogens with one attached hydrogen (secondary N) is 1. The first-order valence-electron chi connectivity index (χ1n) is 8.26. The predicted molar refractivity (Wildman–Crippen MR) is 89.8 cm³/mol. The molecular formula is C17H16F3N3O2S. The summed E-state index contributed by atoms with van der Waals surface area (Å²) in [4.78, 5) is 19.4. The van der Waals surface area contributed by atoms with Crippen molar-refractivity contribution >= 4 is 22.4 Å². The molecule has 3 heterocycles. The summed E-state index contributed by atoms with van der Waals surface area (Å²) in [7, 11) is 0. The maximum absolute atomic E-state index is 14.3. The Hall–Kier alpha value is -2.13. The Balaban J connectivity index is 1.76. The smallest absolute Gasteiger partial charge is 0.221 e. The fraction of sp³-hybridized carbons (Fsp3) is 0.412. The molecule has 1 amide bonds. The fourth-order valence-corrected chi connectivity index (χ4v) is 4.48. The van der Waals surface area contributed by atoms with E-state index in [4.69, 9.17) is 4.74 Å².